The summed E-state index contributed by atoms with van der Waals surface area (Å²) in [6.07, 6.45) is 0. The van der Waals surface area contributed by atoms with Crippen LogP contribution in [0.5, 0.6) is 11.5 Å². The molecule has 0 bridgehead atoms. The number of aromatic nitrogens is 1. The first-order valence-corrected chi connectivity index (χ1v) is 11.5. The second-order valence-electron chi connectivity index (χ2n) is 8.03. The number of hydrogen-bond donors (Lipinski definition) is 0. The van der Waals surface area contributed by atoms with Crippen LogP contribution in [-0.2, 0) is 0 Å². The van der Waals surface area contributed by atoms with Crippen LogP contribution in [0.3, 0.4) is 0 Å². The molecule has 5 rings (SSSR count). The first-order valence-electron chi connectivity index (χ1n) is 11.5. The topological polar surface area (TPSA) is 34.6 Å². The maximum Gasteiger partial charge on any atom is 0.131 e. The van der Waals surface area contributed by atoms with Gasteiger partial charge >= 0.3 is 0 Å². The molecule has 0 aliphatic carbocycles. The largest absolute Gasteiger partial charge is 0.497 e. The van der Waals surface area contributed by atoms with Gasteiger partial charge in [0.1, 0.15) is 11.5 Å². The highest BCUT2D eigenvalue weighted by Crippen LogP contribution is 2.40. The van der Waals surface area contributed by atoms with Gasteiger partial charge in [0.15, 0.2) is 0 Å². The molecule has 4 nitrogen and oxygen atoms in total. The molecule has 1 aromatic heterocycles. The SMILES string of the molecule is COc1ccc(-c2cc(N(c3ccccc3)c3ccccc3)cc(-c3ccccc3)n2)c(OC)c1. The molecule has 35 heavy (non-hydrogen) atoms. The predicted molar refractivity (Wildman–Crippen MR) is 143 cm³/mol. The molecule has 0 radical (unpaired) electrons. The van der Waals surface area contributed by atoms with E-state index in [1.165, 1.54) is 0 Å². The van der Waals surface area contributed by atoms with Crippen molar-refractivity contribution in [1.82, 2.24) is 4.98 Å². The second-order valence-corrected chi connectivity index (χ2v) is 8.03. The number of benzene rings is 4. The first kappa shape index (κ1) is 22.2. The fourth-order valence-electron chi connectivity index (χ4n) is 4.15. The maximum absolute atomic E-state index is 5.72. The number of anilines is 3. The molecule has 0 atom stereocenters. The summed E-state index contributed by atoms with van der Waals surface area (Å²) < 4.78 is 11.1. The molecular weight excluding hydrogens is 432 g/mol. The van der Waals surface area contributed by atoms with Crippen molar-refractivity contribution in [3.63, 3.8) is 0 Å². The van der Waals surface area contributed by atoms with E-state index in [9.17, 15) is 0 Å². The van der Waals surface area contributed by atoms with Gasteiger partial charge in [0.25, 0.3) is 0 Å². The second kappa shape index (κ2) is 10.1. The molecule has 1 heterocycles. The molecule has 172 valence electrons. The summed E-state index contributed by atoms with van der Waals surface area (Å²) in [5, 5.41) is 0. The Morgan fingerprint density at radius 2 is 1.11 bits per heavy atom. The average molecular weight is 459 g/mol. The third-order valence-corrected chi connectivity index (χ3v) is 5.85. The number of para-hydroxylation sites is 2. The lowest BCUT2D eigenvalue weighted by Gasteiger charge is -2.26. The van der Waals surface area contributed by atoms with Crippen LogP contribution in [0, 0.1) is 0 Å². The molecule has 0 saturated heterocycles. The van der Waals surface area contributed by atoms with E-state index in [0.717, 1.165) is 45.3 Å². The highest BCUT2D eigenvalue weighted by Gasteiger charge is 2.18. The van der Waals surface area contributed by atoms with Crippen LogP contribution < -0.4 is 14.4 Å². The van der Waals surface area contributed by atoms with Crippen LogP contribution in [-0.4, -0.2) is 19.2 Å². The van der Waals surface area contributed by atoms with Crippen LogP contribution in [0.4, 0.5) is 17.1 Å². The van der Waals surface area contributed by atoms with Gasteiger partial charge in [-0.1, -0.05) is 66.7 Å². The van der Waals surface area contributed by atoms with E-state index < -0.39 is 0 Å². The minimum Gasteiger partial charge on any atom is -0.497 e. The number of ether oxygens (including phenoxy) is 2. The molecule has 0 aliphatic heterocycles. The fraction of sp³-hybridized carbons (Fsp3) is 0.0645. The molecule has 0 aliphatic rings. The van der Waals surface area contributed by atoms with E-state index in [1.807, 2.05) is 48.5 Å². The van der Waals surface area contributed by atoms with Crippen molar-refractivity contribution < 1.29 is 9.47 Å². The van der Waals surface area contributed by atoms with Crippen molar-refractivity contribution in [3.05, 3.63) is 121 Å². The Morgan fingerprint density at radius 3 is 1.69 bits per heavy atom. The molecule has 0 saturated carbocycles. The van der Waals surface area contributed by atoms with Gasteiger partial charge in [0, 0.05) is 28.6 Å². The Hall–Kier alpha value is -4.57. The number of nitrogens with zero attached hydrogens (tertiary/aromatic N) is 2. The van der Waals surface area contributed by atoms with Crippen molar-refractivity contribution in [1.29, 1.82) is 0 Å². The molecule has 0 N–H and O–H groups in total. The van der Waals surface area contributed by atoms with Gasteiger partial charge in [-0.2, -0.15) is 0 Å². The van der Waals surface area contributed by atoms with Gasteiger partial charge in [-0.3, -0.25) is 0 Å². The highest BCUT2D eigenvalue weighted by molar-refractivity contribution is 5.83. The van der Waals surface area contributed by atoms with Gasteiger partial charge in [0.05, 0.1) is 31.3 Å². The third-order valence-electron chi connectivity index (χ3n) is 5.85. The fourth-order valence-corrected chi connectivity index (χ4v) is 4.15. The Kier molecular flexibility index (Phi) is 6.44. The summed E-state index contributed by atoms with van der Waals surface area (Å²) in [5.74, 6) is 1.44. The monoisotopic (exact) mass is 458 g/mol. The minimum absolute atomic E-state index is 0.707. The van der Waals surface area contributed by atoms with Gasteiger partial charge < -0.3 is 14.4 Å². The minimum atomic E-state index is 0.707. The zero-order chi connectivity index (χ0) is 24.0. The molecular formula is C31H26N2O2. The maximum atomic E-state index is 5.72. The molecule has 4 aromatic carbocycles. The standard InChI is InChI=1S/C31H26N2O2/c1-34-27-18-19-28(31(22-27)35-2)30-21-26(20-29(32-30)23-12-6-3-7-13-23)33(24-14-8-4-9-15-24)25-16-10-5-11-17-25/h3-22H,1-2H3. The quantitative estimate of drug-likeness (QED) is 0.248. The van der Waals surface area contributed by atoms with E-state index in [1.54, 1.807) is 14.2 Å². The van der Waals surface area contributed by atoms with E-state index in [0.29, 0.717) is 5.75 Å². The van der Waals surface area contributed by atoms with Crippen LogP contribution in [0.2, 0.25) is 0 Å². The normalized spacial score (nSPS) is 10.6. The van der Waals surface area contributed by atoms with Crippen LogP contribution in [0.25, 0.3) is 22.5 Å². The molecule has 5 aromatic rings. The van der Waals surface area contributed by atoms with Gasteiger partial charge in [-0.15, -0.1) is 0 Å². The molecule has 0 amide bonds. The molecule has 0 fully saturated rings. The zero-order valence-electron chi connectivity index (χ0n) is 19.8. The Labute approximate surface area is 206 Å². The Morgan fingerprint density at radius 1 is 0.543 bits per heavy atom. The van der Waals surface area contributed by atoms with Crippen LogP contribution >= 0.6 is 0 Å². The lowest BCUT2D eigenvalue weighted by Crippen LogP contribution is -2.10. The Bertz CT molecular complexity index is 1370. The van der Waals surface area contributed by atoms with E-state index in [2.05, 4.69) is 77.7 Å². The number of pyridine rings is 1. The average Bonchev–Trinajstić information content (AvgIpc) is 2.94. The summed E-state index contributed by atoms with van der Waals surface area (Å²) in [6.45, 7) is 0. The third kappa shape index (κ3) is 4.73. The van der Waals surface area contributed by atoms with Crippen molar-refractivity contribution >= 4 is 17.1 Å². The number of hydrogen-bond acceptors (Lipinski definition) is 4. The number of methoxy groups -OCH3 is 2. The van der Waals surface area contributed by atoms with E-state index in [4.69, 9.17) is 14.5 Å². The summed E-state index contributed by atoms with van der Waals surface area (Å²) in [5.41, 5.74) is 6.78. The molecule has 0 spiro atoms. The van der Waals surface area contributed by atoms with Crippen LogP contribution in [0.1, 0.15) is 0 Å². The number of rotatable bonds is 7. The lowest BCUT2D eigenvalue weighted by molar-refractivity contribution is 0.395. The van der Waals surface area contributed by atoms with Crippen molar-refractivity contribution in [2.24, 2.45) is 0 Å². The van der Waals surface area contributed by atoms with Crippen molar-refractivity contribution in [3.8, 4) is 34.0 Å². The van der Waals surface area contributed by atoms with Crippen molar-refractivity contribution in [2.75, 3.05) is 19.1 Å². The smallest absolute Gasteiger partial charge is 0.131 e. The van der Waals surface area contributed by atoms with Gasteiger partial charge in [-0.05, 0) is 48.5 Å². The summed E-state index contributed by atoms with van der Waals surface area (Å²) in [7, 11) is 3.32. The highest BCUT2D eigenvalue weighted by atomic mass is 16.5. The molecule has 0 unspecified atom stereocenters. The van der Waals surface area contributed by atoms with Gasteiger partial charge in [0.2, 0.25) is 0 Å². The van der Waals surface area contributed by atoms with E-state index in [-0.39, 0.29) is 0 Å². The predicted octanol–water partition coefficient (Wildman–Crippen LogP) is 7.90. The lowest BCUT2D eigenvalue weighted by atomic mass is 10.0. The van der Waals surface area contributed by atoms with Crippen LogP contribution in [0.15, 0.2) is 121 Å². The van der Waals surface area contributed by atoms with Gasteiger partial charge in [-0.25, -0.2) is 4.98 Å². The van der Waals surface area contributed by atoms with E-state index >= 15 is 0 Å². The summed E-state index contributed by atoms with van der Waals surface area (Å²) >= 11 is 0. The molecule has 4 heteroatoms. The zero-order valence-corrected chi connectivity index (χ0v) is 19.8. The first-order chi connectivity index (χ1) is 17.3. The summed E-state index contributed by atoms with van der Waals surface area (Å²) in [4.78, 5) is 7.30. The Balaban J connectivity index is 1.76. The van der Waals surface area contributed by atoms with Crippen molar-refractivity contribution in [2.45, 2.75) is 0 Å². The summed E-state index contributed by atoms with van der Waals surface area (Å²) in [6, 6.07) is 41.0.